The normalized spacial score (nSPS) is 10.4. The molecule has 3 rings (SSSR count). The molecule has 0 bridgehead atoms. The van der Waals surface area contributed by atoms with Crippen molar-refractivity contribution < 1.29 is 0 Å². The van der Waals surface area contributed by atoms with Crippen molar-refractivity contribution >= 4 is 40.2 Å². The first kappa shape index (κ1) is 15.4. The van der Waals surface area contributed by atoms with Crippen LogP contribution >= 0.6 is 11.3 Å². The van der Waals surface area contributed by atoms with E-state index in [1.807, 2.05) is 29.5 Å². The molecular weight excluding hydrogens is 351 g/mol. The molecule has 2 heteroatoms. The Morgan fingerprint density at radius 3 is 2.55 bits per heavy atom. The zero-order chi connectivity index (χ0) is 15.2. The molecule has 0 unspecified atom stereocenters. The average Bonchev–Trinajstić information content (AvgIpc) is 2.92. The Hall–Kier alpha value is -1.52. The molecule has 0 nitrogen and oxygen atoms in total. The van der Waals surface area contributed by atoms with Crippen LogP contribution in [0.25, 0.3) is 10.1 Å². The van der Waals surface area contributed by atoms with Gasteiger partial charge in [0, 0.05) is 0 Å². The summed E-state index contributed by atoms with van der Waals surface area (Å²) in [5.74, 6) is 6.79. The van der Waals surface area contributed by atoms with E-state index in [4.69, 9.17) is 0 Å². The molecular formula is C20H18SSe. The van der Waals surface area contributed by atoms with E-state index in [-0.39, 0.29) is 0 Å². The summed E-state index contributed by atoms with van der Waals surface area (Å²) in [5.41, 5.74) is 2.35. The topological polar surface area (TPSA) is 0 Å². The first-order valence-electron chi connectivity index (χ1n) is 7.60. The number of unbranched alkanes of at least 4 members (excludes halogenated alkanes) is 1. The van der Waals surface area contributed by atoms with Crippen LogP contribution in [0.15, 0.2) is 54.6 Å². The molecule has 0 spiro atoms. The molecule has 0 fully saturated rings. The van der Waals surface area contributed by atoms with Crippen LogP contribution in [0.5, 0.6) is 0 Å². The van der Waals surface area contributed by atoms with Crippen LogP contribution in [0.1, 0.15) is 30.9 Å². The molecule has 2 aromatic carbocycles. The monoisotopic (exact) mass is 370 g/mol. The van der Waals surface area contributed by atoms with Crippen LogP contribution in [0.4, 0.5) is 0 Å². The van der Waals surface area contributed by atoms with E-state index in [0.717, 1.165) is 5.56 Å². The van der Waals surface area contributed by atoms with Crippen molar-refractivity contribution in [2.75, 3.05) is 0 Å². The maximum atomic E-state index is 3.46. The Bertz CT molecular complexity index is 806. The third-order valence-corrected chi connectivity index (χ3v) is 7.51. The third kappa shape index (κ3) is 3.62. The van der Waals surface area contributed by atoms with E-state index in [1.165, 1.54) is 37.6 Å². The van der Waals surface area contributed by atoms with Gasteiger partial charge >= 0.3 is 143 Å². The SMILES string of the molecule is CCCC[Se]c1sc2ccccc2c1C#Cc1ccccc1. The van der Waals surface area contributed by atoms with Gasteiger partial charge in [0.1, 0.15) is 0 Å². The van der Waals surface area contributed by atoms with E-state index >= 15 is 0 Å². The predicted molar refractivity (Wildman–Crippen MR) is 99.4 cm³/mol. The Kier molecular flexibility index (Phi) is 5.35. The van der Waals surface area contributed by atoms with Gasteiger partial charge in [-0.2, -0.15) is 0 Å². The number of thiophene rings is 1. The number of fused-ring (bicyclic) bond motifs is 1. The average molecular weight is 369 g/mol. The zero-order valence-corrected chi connectivity index (χ0v) is 15.2. The Balaban J connectivity index is 1.98. The van der Waals surface area contributed by atoms with Crippen molar-refractivity contribution in [1.82, 2.24) is 0 Å². The first-order valence-corrected chi connectivity index (χ1v) is 10.5. The number of hydrogen-bond donors (Lipinski definition) is 0. The molecule has 0 aliphatic heterocycles. The van der Waals surface area contributed by atoms with Crippen LogP contribution in [-0.4, -0.2) is 15.0 Å². The van der Waals surface area contributed by atoms with E-state index in [2.05, 4.69) is 55.2 Å². The van der Waals surface area contributed by atoms with Gasteiger partial charge < -0.3 is 0 Å². The van der Waals surface area contributed by atoms with E-state index in [9.17, 15) is 0 Å². The molecule has 1 heterocycles. The van der Waals surface area contributed by atoms with Gasteiger partial charge in [-0.05, 0) is 0 Å². The quantitative estimate of drug-likeness (QED) is 0.350. The van der Waals surface area contributed by atoms with Crippen LogP contribution in [-0.2, 0) is 0 Å². The van der Waals surface area contributed by atoms with Gasteiger partial charge in [-0.3, -0.25) is 0 Å². The van der Waals surface area contributed by atoms with Gasteiger partial charge in [-0.25, -0.2) is 0 Å². The molecule has 0 N–H and O–H groups in total. The summed E-state index contributed by atoms with van der Waals surface area (Å²) >= 11 is 2.48. The predicted octanol–water partition coefficient (Wildman–Crippen LogP) is 4.85. The minimum absolute atomic E-state index is 0.542. The summed E-state index contributed by atoms with van der Waals surface area (Å²) in [6, 6.07) is 18.9. The Morgan fingerprint density at radius 1 is 0.955 bits per heavy atom. The molecule has 0 amide bonds. The maximum absolute atomic E-state index is 3.46. The summed E-state index contributed by atoms with van der Waals surface area (Å²) in [5, 5.41) is 2.64. The van der Waals surface area contributed by atoms with Crippen LogP contribution < -0.4 is 3.78 Å². The summed E-state index contributed by atoms with van der Waals surface area (Å²) in [6.07, 6.45) is 2.59. The summed E-state index contributed by atoms with van der Waals surface area (Å²) in [6.45, 7) is 2.26. The standard InChI is InChI=1S/C20H18SSe/c1-2-3-15-22-20-18(14-13-16-9-5-4-6-10-16)17-11-7-8-12-19(17)21-20/h4-12H,2-3,15H2,1H3. The van der Waals surface area contributed by atoms with Crippen molar-refractivity contribution in [3.63, 3.8) is 0 Å². The molecule has 0 aliphatic carbocycles. The van der Waals surface area contributed by atoms with Crippen LogP contribution in [0.3, 0.4) is 0 Å². The van der Waals surface area contributed by atoms with Crippen molar-refractivity contribution in [3.05, 3.63) is 65.7 Å². The molecule has 22 heavy (non-hydrogen) atoms. The molecule has 0 saturated carbocycles. The van der Waals surface area contributed by atoms with Crippen molar-refractivity contribution in [3.8, 4) is 11.8 Å². The van der Waals surface area contributed by atoms with Crippen molar-refractivity contribution in [2.24, 2.45) is 0 Å². The van der Waals surface area contributed by atoms with Gasteiger partial charge in [0.05, 0.1) is 0 Å². The number of rotatable bonds is 4. The molecule has 0 saturated heterocycles. The molecule has 110 valence electrons. The Morgan fingerprint density at radius 2 is 1.73 bits per heavy atom. The number of benzene rings is 2. The van der Waals surface area contributed by atoms with E-state index in [0.29, 0.717) is 15.0 Å². The third-order valence-electron chi connectivity index (χ3n) is 3.40. The van der Waals surface area contributed by atoms with Crippen molar-refractivity contribution in [1.29, 1.82) is 0 Å². The minimum atomic E-state index is 0.542. The molecule has 0 atom stereocenters. The second kappa shape index (κ2) is 7.65. The fourth-order valence-corrected chi connectivity index (χ4v) is 6.46. The molecule has 3 aromatic rings. The molecule has 0 aliphatic rings. The second-order valence-electron chi connectivity index (χ2n) is 5.08. The number of hydrogen-bond acceptors (Lipinski definition) is 1. The summed E-state index contributed by atoms with van der Waals surface area (Å²) in [4.78, 5) is 0. The summed E-state index contributed by atoms with van der Waals surface area (Å²) < 4.78 is 2.87. The van der Waals surface area contributed by atoms with Gasteiger partial charge in [0.25, 0.3) is 0 Å². The van der Waals surface area contributed by atoms with Crippen LogP contribution in [0.2, 0.25) is 5.32 Å². The molecule has 0 radical (unpaired) electrons. The zero-order valence-electron chi connectivity index (χ0n) is 12.6. The van der Waals surface area contributed by atoms with Crippen LogP contribution in [0, 0.1) is 11.8 Å². The van der Waals surface area contributed by atoms with Gasteiger partial charge in [0.15, 0.2) is 0 Å². The first-order chi connectivity index (χ1) is 10.9. The fourth-order valence-electron chi connectivity index (χ4n) is 2.21. The van der Waals surface area contributed by atoms with Gasteiger partial charge in [-0.1, -0.05) is 0 Å². The van der Waals surface area contributed by atoms with Gasteiger partial charge in [-0.15, -0.1) is 0 Å². The van der Waals surface area contributed by atoms with E-state index in [1.54, 1.807) is 0 Å². The Labute approximate surface area is 142 Å². The summed E-state index contributed by atoms with van der Waals surface area (Å²) in [7, 11) is 0. The fraction of sp³-hybridized carbons (Fsp3) is 0.200. The van der Waals surface area contributed by atoms with Crippen molar-refractivity contribution in [2.45, 2.75) is 25.1 Å². The second-order valence-corrected chi connectivity index (χ2v) is 9.03. The van der Waals surface area contributed by atoms with E-state index < -0.39 is 0 Å². The molecule has 1 aromatic heterocycles. The van der Waals surface area contributed by atoms with Gasteiger partial charge in [0.2, 0.25) is 0 Å².